The number of ether oxygens (including phenoxy) is 3. The third kappa shape index (κ3) is 1.96. The Kier molecular flexibility index (Phi) is 2.65. The van der Waals surface area contributed by atoms with Gasteiger partial charge in [0, 0.05) is 6.42 Å². The first-order valence-electron chi connectivity index (χ1n) is 5.81. The molecular formula is C13H15NO3. The second kappa shape index (κ2) is 4.30. The summed E-state index contributed by atoms with van der Waals surface area (Å²) >= 11 is 0. The van der Waals surface area contributed by atoms with E-state index in [4.69, 9.17) is 19.9 Å². The summed E-state index contributed by atoms with van der Waals surface area (Å²) in [6.07, 6.45) is 2.76. The van der Waals surface area contributed by atoms with Gasteiger partial charge in [-0.3, -0.25) is 0 Å². The van der Waals surface area contributed by atoms with Crippen LogP contribution in [0.2, 0.25) is 0 Å². The highest BCUT2D eigenvalue weighted by Gasteiger charge is 2.30. The third-order valence-electron chi connectivity index (χ3n) is 2.99. The Balaban J connectivity index is 1.75. The minimum Gasteiger partial charge on any atom is -0.496 e. The Morgan fingerprint density at radius 1 is 1.18 bits per heavy atom. The summed E-state index contributed by atoms with van der Waals surface area (Å²) in [5, 5.41) is 0. The fourth-order valence-electron chi connectivity index (χ4n) is 2.07. The molecule has 2 N–H and O–H groups in total. The SMILES string of the molecule is NC(C1=CCCO1)C1COc2ccccc2O1. The molecule has 0 fully saturated rings. The highest BCUT2D eigenvalue weighted by molar-refractivity contribution is 5.41. The number of hydrogen-bond donors (Lipinski definition) is 1. The fraction of sp³-hybridized carbons (Fsp3) is 0.385. The summed E-state index contributed by atoms with van der Waals surface area (Å²) in [6, 6.07) is 7.36. The standard InChI is InChI=1S/C13H15NO3/c14-13(11-6-3-7-15-11)12-8-16-9-4-1-2-5-10(9)17-12/h1-2,4-6,12-13H,3,7-8,14H2. The molecule has 2 aliphatic heterocycles. The van der Waals surface area contributed by atoms with Crippen LogP contribution in [0.3, 0.4) is 0 Å². The van der Waals surface area contributed by atoms with Gasteiger partial charge < -0.3 is 19.9 Å². The average Bonchev–Trinajstić information content (AvgIpc) is 2.91. The Morgan fingerprint density at radius 2 is 2.00 bits per heavy atom. The molecule has 0 spiro atoms. The Bertz CT molecular complexity index is 444. The van der Waals surface area contributed by atoms with Crippen LogP contribution in [0.25, 0.3) is 0 Å². The molecule has 4 nitrogen and oxygen atoms in total. The van der Waals surface area contributed by atoms with E-state index in [0.29, 0.717) is 13.2 Å². The summed E-state index contributed by atoms with van der Waals surface area (Å²) in [4.78, 5) is 0. The van der Waals surface area contributed by atoms with Crippen LogP contribution in [0, 0.1) is 0 Å². The third-order valence-corrected chi connectivity index (χ3v) is 2.99. The van der Waals surface area contributed by atoms with Crippen molar-refractivity contribution in [1.82, 2.24) is 0 Å². The molecule has 0 amide bonds. The second-order valence-corrected chi connectivity index (χ2v) is 4.18. The minimum atomic E-state index is -0.258. The van der Waals surface area contributed by atoms with Gasteiger partial charge in [0.1, 0.15) is 18.4 Å². The van der Waals surface area contributed by atoms with E-state index in [2.05, 4.69) is 0 Å². The van der Waals surface area contributed by atoms with Crippen molar-refractivity contribution < 1.29 is 14.2 Å². The molecule has 0 saturated heterocycles. The zero-order chi connectivity index (χ0) is 11.7. The molecule has 0 saturated carbocycles. The summed E-state index contributed by atoms with van der Waals surface area (Å²) in [7, 11) is 0. The van der Waals surface area contributed by atoms with Crippen molar-refractivity contribution >= 4 is 0 Å². The maximum absolute atomic E-state index is 6.11. The zero-order valence-corrected chi connectivity index (χ0v) is 9.46. The first-order chi connectivity index (χ1) is 8.34. The van der Waals surface area contributed by atoms with E-state index in [9.17, 15) is 0 Å². The van der Waals surface area contributed by atoms with Gasteiger partial charge in [-0.15, -0.1) is 0 Å². The fourth-order valence-corrected chi connectivity index (χ4v) is 2.07. The molecule has 2 aliphatic rings. The molecule has 2 atom stereocenters. The molecule has 1 aromatic carbocycles. The first-order valence-corrected chi connectivity index (χ1v) is 5.81. The predicted octanol–water partition coefficient (Wildman–Crippen LogP) is 1.46. The Morgan fingerprint density at radius 3 is 2.76 bits per heavy atom. The normalized spacial score (nSPS) is 23.8. The van der Waals surface area contributed by atoms with Crippen LogP contribution in [-0.2, 0) is 4.74 Å². The number of fused-ring (bicyclic) bond motifs is 1. The van der Waals surface area contributed by atoms with Crippen molar-refractivity contribution in [2.24, 2.45) is 5.73 Å². The van der Waals surface area contributed by atoms with Gasteiger partial charge in [-0.25, -0.2) is 0 Å². The second-order valence-electron chi connectivity index (χ2n) is 4.18. The molecule has 17 heavy (non-hydrogen) atoms. The van der Waals surface area contributed by atoms with E-state index in [-0.39, 0.29) is 12.1 Å². The van der Waals surface area contributed by atoms with E-state index < -0.39 is 0 Å². The highest BCUT2D eigenvalue weighted by Crippen LogP contribution is 2.32. The van der Waals surface area contributed by atoms with E-state index in [1.54, 1.807) is 0 Å². The van der Waals surface area contributed by atoms with Gasteiger partial charge in [0.2, 0.25) is 0 Å². The van der Waals surface area contributed by atoms with Crippen LogP contribution in [-0.4, -0.2) is 25.4 Å². The van der Waals surface area contributed by atoms with Crippen molar-refractivity contribution in [2.45, 2.75) is 18.6 Å². The molecule has 0 aromatic heterocycles. The molecule has 0 bridgehead atoms. The lowest BCUT2D eigenvalue weighted by molar-refractivity contribution is 0.0643. The van der Waals surface area contributed by atoms with Crippen molar-refractivity contribution in [3.8, 4) is 11.5 Å². The van der Waals surface area contributed by atoms with Gasteiger partial charge in [0.15, 0.2) is 17.6 Å². The van der Waals surface area contributed by atoms with E-state index in [1.165, 1.54) is 0 Å². The predicted molar refractivity (Wildman–Crippen MR) is 63.0 cm³/mol. The lowest BCUT2D eigenvalue weighted by Gasteiger charge is -2.30. The van der Waals surface area contributed by atoms with Gasteiger partial charge in [-0.05, 0) is 18.2 Å². The Labute approximate surface area is 100.0 Å². The summed E-state index contributed by atoms with van der Waals surface area (Å²) in [5.74, 6) is 2.34. The highest BCUT2D eigenvalue weighted by atomic mass is 16.6. The van der Waals surface area contributed by atoms with Crippen LogP contribution < -0.4 is 15.2 Å². The smallest absolute Gasteiger partial charge is 0.161 e. The van der Waals surface area contributed by atoms with E-state index >= 15 is 0 Å². The van der Waals surface area contributed by atoms with Crippen molar-refractivity contribution in [2.75, 3.05) is 13.2 Å². The van der Waals surface area contributed by atoms with Gasteiger partial charge in [-0.2, -0.15) is 0 Å². The summed E-state index contributed by atoms with van der Waals surface area (Å²) in [5.41, 5.74) is 6.11. The average molecular weight is 233 g/mol. The number of para-hydroxylation sites is 2. The molecule has 0 radical (unpaired) electrons. The molecule has 2 unspecified atom stereocenters. The zero-order valence-electron chi connectivity index (χ0n) is 9.46. The quantitative estimate of drug-likeness (QED) is 0.840. The number of benzene rings is 1. The topological polar surface area (TPSA) is 53.7 Å². The summed E-state index contributed by atoms with van der Waals surface area (Å²) < 4.78 is 16.9. The summed E-state index contributed by atoms with van der Waals surface area (Å²) in [6.45, 7) is 1.17. The molecule has 2 heterocycles. The molecular weight excluding hydrogens is 218 g/mol. The van der Waals surface area contributed by atoms with Crippen LogP contribution in [0.1, 0.15) is 6.42 Å². The van der Waals surface area contributed by atoms with Crippen molar-refractivity contribution in [3.05, 3.63) is 36.1 Å². The van der Waals surface area contributed by atoms with Crippen LogP contribution in [0.15, 0.2) is 36.1 Å². The molecule has 90 valence electrons. The molecule has 0 aliphatic carbocycles. The lowest BCUT2D eigenvalue weighted by atomic mass is 10.1. The molecule has 4 heteroatoms. The van der Waals surface area contributed by atoms with E-state index in [0.717, 1.165) is 23.7 Å². The molecule has 3 rings (SSSR count). The van der Waals surface area contributed by atoms with Crippen LogP contribution >= 0.6 is 0 Å². The monoisotopic (exact) mass is 233 g/mol. The van der Waals surface area contributed by atoms with Gasteiger partial charge in [0.25, 0.3) is 0 Å². The largest absolute Gasteiger partial charge is 0.496 e. The molecule has 1 aromatic rings. The Hall–Kier alpha value is -1.68. The van der Waals surface area contributed by atoms with Gasteiger partial charge >= 0.3 is 0 Å². The lowest BCUT2D eigenvalue weighted by Crippen LogP contribution is -2.46. The van der Waals surface area contributed by atoms with Gasteiger partial charge in [-0.1, -0.05) is 12.1 Å². The van der Waals surface area contributed by atoms with Crippen LogP contribution in [0.5, 0.6) is 11.5 Å². The number of hydrogen-bond acceptors (Lipinski definition) is 4. The maximum Gasteiger partial charge on any atom is 0.161 e. The number of rotatable bonds is 2. The van der Waals surface area contributed by atoms with Gasteiger partial charge in [0.05, 0.1) is 6.61 Å². The van der Waals surface area contributed by atoms with Crippen LogP contribution in [0.4, 0.5) is 0 Å². The first kappa shape index (κ1) is 10.5. The van der Waals surface area contributed by atoms with Crippen molar-refractivity contribution in [3.63, 3.8) is 0 Å². The minimum absolute atomic E-state index is 0.186. The van der Waals surface area contributed by atoms with Crippen molar-refractivity contribution in [1.29, 1.82) is 0 Å². The maximum atomic E-state index is 6.11. The number of nitrogens with two attached hydrogens (primary N) is 1. The van der Waals surface area contributed by atoms with E-state index in [1.807, 2.05) is 30.3 Å².